The van der Waals surface area contributed by atoms with Crippen molar-refractivity contribution in [3.05, 3.63) is 29.3 Å². The Morgan fingerprint density at radius 1 is 1.38 bits per heavy atom. The maximum absolute atomic E-state index is 11.5. The van der Waals surface area contributed by atoms with Crippen molar-refractivity contribution in [2.75, 3.05) is 6.61 Å². The summed E-state index contributed by atoms with van der Waals surface area (Å²) >= 11 is 0. The van der Waals surface area contributed by atoms with E-state index < -0.39 is 0 Å². The number of benzene rings is 1. The molecule has 0 heterocycles. The molecule has 2 rings (SSSR count). The van der Waals surface area contributed by atoms with E-state index in [1.807, 2.05) is 26.0 Å². The molecule has 0 aliphatic heterocycles. The van der Waals surface area contributed by atoms with Gasteiger partial charge in [0.15, 0.2) is 0 Å². The molecular weight excluding hydrogens is 200 g/mol. The van der Waals surface area contributed by atoms with Crippen LogP contribution in [0.25, 0.3) is 0 Å². The highest BCUT2D eigenvalue weighted by Gasteiger charge is 2.28. The van der Waals surface area contributed by atoms with Crippen LogP contribution in [0, 0.1) is 19.8 Å². The van der Waals surface area contributed by atoms with Crippen LogP contribution in [-0.2, 0) is 4.79 Å². The fourth-order valence-corrected chi connectivity index (χ4v) is 1.73. The van der Waals surface area contributed by atoms with E-state index in [2.05, 4.69) is 6.07 Å². The Kier molecular flexibility index (Phi) is 3.28. The second-order valence-electron chi connectivity index (χ2n) is 4.61. The minimum absolute atomic E-state index is 0.349. The second kappa shape index (κ2) is 4.69. The number of carbonyl (C=O) groups is 1. The molecule has 0 atom stereocenters. The minimum Gasteiger partial charge on any atom is -0.493 e. The summed E-state index contributed by atoms with van der Waals surface area (Å²) in [6, 6.07) is 6.14. The molecule has 2 heteroatoms. The zero-order valence-electron chi connectivity index (χ0n) is 9.95. The zero-order valence-corrected chi connectivity index (χ0v) is 9.95. The topological polar surface area (TPSA) is 26.3 Å². The van der Waals surface area contributed by atoms with Gasteiger partial charge in [-0.1, -0.05) is 12.1 Å². The Morgan fingerprint density at radius 3 is 2.81 bits per heavy atom. The maximum atomic E-state index is 11.5. The zero-order chi connectivity index (χ0) is 11.5. The summed E-state index contributed by atoms with van der Waals surface area (Å²) in [6.07, 6.45) is 2.72. The molecule has 1 aliphatic rings. The highest BCUT2D eigenvalue weighted by molar-refractivity contribution is 5.83. The normalized spacial score (nSPS) is 14.9. The number of rotatable bonds is 5. The fourth-order valence-electron chi connectivity index (χ4n) is 1.73. The van der Waals surface area contributed by atoms with Crippen LogP contribution in [0.15, 0.2) is 18.2 Å². The van der Waals surface area contributed by atoms with Crippen molar-refractivity contribution >= 4 is 5.78 Å². The molecule has 0 unspecified atom stereocenters. The first-order valence-corrected chi connectivity index (χ1v) is 5.89. The summed E-state index contributed by atoms with van der Waals surface area (Å²) in [7, 11) is 0. The summed E-state index contributed by atoms with van der Waals surface area (Å²) in [6.45, 7) is 4.58. The van der Waals surface area contributed by atoms with Crippen LogP contribution in [0.3, 0.4) is 0 Å². The Labute approximate surface area is 96.6 Å². The van der Waals surface area contributed by atoms with E-state index in [4.69, 9.17) is 4.74 Å². The largest absolute Gasteiger partial charge is 0.493 e. The Bertz CT molecular complexity index is 392. The minimum atomic E-state index is 0.349. The lowest BCUT2D eigenvalue weighted by molar-refractivity contribution is -0.120. The molecule has 0 amide bonds. The van der Waals surface area contributed by atoms with Gasteiger partial charge in [-0.05, 0) is 43.9 Å². The van der Waals surface area contributed by atoms with Gasteiger partial charge in [-0.25, -0.2) is 0 Å². The van der Waals surface area contributed by atoms with Gasteiger partial charge in [0.05, 0.1) is 6.61 Å². The van der Waals surface area contributed by atoms with Gasteiger partial charge >= 0.3 is 0 Å². The van der Waals surface area contributed by atoms with Crippen LogP contribution in [-0.4, -0.2) is 12.4 Å². The monoisotopic (exact) mass is 218 g/mol. The number of ketones is 1. The van der Waals surface area contributed by atoms with Crippen LogP contribution < -0.4 is 4.74 Å². The molecule has 16 heavy (non-hydrogen) atoms. The lowest BCUT2D eigenvalue weighted by Crippen LogP contribution is -2.08. The summed E-state index contributed by atoms with van der Waals surface area (Å²) in [4.78, 5) is 11.5. The van der Waals surface area contributed by atoms with Gasteiger partial charge in [-0.2, -0.15) is 0 Å². The van der Waals surface area contributed by atoms with Gasteiger partial charge < -0.3 is 4.74 Å². The van der Waals surface area contributed by atoms with Crippen LogP contribution in [0.4, 0.5) is 0 Å². The summed E-state index contributed by atoms with van der Waals surface area (Å²) in [5, 5.41) is 0. The smallest absolute Gasteiger partial charge is 0.139 e. The molecule has 1 saturated carbocycles. The summed E-state index contributed by atoms with van der Waals surface area (Å²) < 4.78 is 5.65. The highest BCUT2D eigenvalue weighted by atomic mass is 16.5. The molecule has 0 N–H and O–H groups in total. The first kappa shape index (κ1) is 11.2. The number of hydrogen-bond donors (Lipinski definition) is 0. The number of hydrogen-bond acceptors (Lipinski definition) is 2. The summed E-state index contributed by atoms with van der Waals surface area (Å²) in [5.74, 6) is 1.62. The van der Waals surface area contributed by atoms with Crippen molar-refractivity contribution in [3.8, 4) is 5.75 Å². The van der Waals surface area contributed by atoms with Crippen molar-refractivity contribution in [2.24, 2.45) is 5.92 Å². The molecule has 0 spiro atoms. The van der Waals surface area contributed by atoms with Gasteiger partial charge in [0.1, 0.15) is 11.5 Å². The molecule has 1 aromatic carbocycles. The lowest BCUT2D eigenvalue weighted by atomic mass is 10.1. The highest BCUT2D eigenvalue weighted by Crippen LogP contribution is 2.30. The van der Waals surface area contributed by atoms with E-state index in [0.717, 1.165) is 24.2 Å². The molecule has 2 nitrogen and oxygen atoms in total. The van der Waals surface area contributed by atoms with Crippen LogP contribution in [0.1, 0.15) is 30.4 Å². The second-order valence-corrected chi connectivity index (χ2v) is 4.61. The third-order valence-corrected chi connectivity index (χ3v) is 2.98. The van der Waals surface area contributed by atoms with Crippen LogP contribution >= 0.6 is 0 Å². The van der Waals surface area contributed by atoms with Crippen molar-refractivity contribution in [1.82, 2.24) is 0 Å². The maximum Gasteiger partial charge on any atom is 0.139 e. The van der Waals surface area contributed by atoms with Gasteiger partial charge in [0, 0.05) is 12.3 Å². The van der Waals surface area contributed by atoms with Crippen molar-refractivity contribution in [2.45, 2.75) is 33.1 Å². The van der Waals surface area contributed by atoms with E-state index >= 15 is 0 Å². The van der Waals surface area contributed by atoms with Crippen molar-refractivity contribution in [1.29, 1.82) is 0 Å². The molecule has 0 radical (unpaired) electrons. The number of ether oxygens (including phenoxy) is 1. The molecule has 0 saturated heterocycles. The van der Waals surface area contributed by atoms with E-state index in [1.165, 1.54) is 5.56 Å². The molecule has 1 fully saturated rings. The van der Waals surface area contributed by atoms with E-state index in [0.29, 0.717) is 24.7 Å². The average Bonchev–Trinajstić information content (AvgIpc) is 3.06. The SMILES string of the molecule is Cc1ccc(C)c(OCCC(=O)C2CC2)c1. The number of carbonyl (C=O) groups excluding carboxylic acids is 1. The van der Waals surface area contributed by atoms with E-state index in [9.17, 15) is 4.79 Å². The third-order valence-electron chi connectivity index (χ3n) is 2.98. The Morgan fingerprint density at radius 2 is 2.12 bits per heavy atom. The Hall–Kier alpha value is -1.31. The molecular formula is C14H18O2. The lowest BCUT2D eigenvalue weighted by Gasteiger charge is -2.09. The standard InChI is InChI=1S/C14H18O2/c1-10-3-4-11(2)14(9-10)16-8-7-13(15)12-5-6-12/h3-4,9,12H,5-8H2,1-2H3. The predicted molar refractivity (Wildman–Crippen MR) is 63.8 cm³/mol. The quantitative estimate of drug-likeness (QED) is 0.759. The Balaban J connectivity index is 1.84. The predicted octanol–water partition coefficient (Wildman–Crippen LogP) is 3.05. The molecule has 86 valence electrons. The van der Waals surface area contributed by atoms with Crippen LogP contribution in [0.2, 0.25) is 0 Å². The molecule has 0 aromatic heterocycles. The van der Waals surface area contributed by atoms with E-state index in [1.54, 1.807) is 0 Å². The average molecular weight is 218 g/mol. The van der Waals surface area contributed by atoms with E-state index in [-0.39, 0.29) is 0 Å². The van der Waals surface area contributed by atoms with Gasteiger partial charge in [-0.3, -0.25) is 4.79 Å². The number of aryl methyl sites for hydroxylation is 2. The third kappa shape index (κ3) is 2.84. The van der Waals surface area contributed by atoms with Crippen molar-refractivity contribution in [3.63, 3.8) is 0 Å². The van der Waals surface area contributed by atoms with Gasteiger partial charge in [-0.15, -0.1) is 0 Å². The molecule has 0 bridgehead atoms. The molecule has 1 aliphatic carbocycles. The van der Waals surface area contributed by atoms with Gasteiger partial charge in [0.25, 0.3) is 0 Å². The number of Topliss-reactive ketones (excluding diaryl/α,β-unsaturated/α-hetero) is 1. The first-order chi connectivity index (χ1) is 7.66. The first-order valence-electron chi connectivity index (χ1n) is 5.89. The van der Waals surface area contributed by atoms with Crippen LogP contribution in [0.5, 0.6) is 5.75 Å². The van der Waals surface area contributed by atoms with Gasteiger partial charge in [0.2, 0.25) is 0 Å². The van der Waals surface area contributed by atoms with Crippen molar-refractivity contribution < 1.29 is 9.53 Å². The fraction of sp³-hybridized carbons (Fsp3) is 0.500. The molecule has 1 aromatic rings. The summed E-state index contributed by atoms with van der Waals surface area (Å²) in [5.41, 5.74) is 2.32.